The van der Waals surface area contributed by atoms with Crippen LogP contribution in [0.15, 0.2) is 42.5 Å². The number of nitrogens with two attached hydrogens (primary N) is 1. The Kier molecular flexibility index (Phi) is 7.01. The second-order valence-electron chi connectivity index (χ2n) is 7.67. The molecule has 1 heterocycles. The van der Waals surface area contributed by atoms with Crippen LogP contribution in [0.4, 0.5) is 0 Å². The van der Waals surface area contributed by atoms with Gasteiger partial charge in [0.05, 0.1) is 0 Å². The highest BCUT2D eigenvalue weighted by Crippen LogP contribution is 2.25. The molecule has 2 aromatic rings. The SMILES string of the molecule is NC(CC(=O)N1CCC(CCCC(=O)NO)CC1)c1ccc2ccccc2c1. The first kappa shape index (κ1) is 20.3. The van der Waals surface area contributed by atoms with E-state index in [0.717, 1.165) is 49.7 Å². The number of carbonyl (C=O) groups is 2. The van der Waals surface area contributed by atoms with Gasteiger partial charge < -0.3 is 10.6 Å². The van der Waals surface area contributed by atoms with E-state index in [2.05, 4.69) is 24.3 Å². The fourth-order valence-corrected chi connectivity index (χ4v) is 3.95. The van der Waals surface area contributed by atoms with Crippen molar-refractivity contribution in [2.24, 2.45) is 11.7 Å². The van der Waals surface area contributed by atoms with Crippen LogP contribution in [0.1, 0.15) is 50.1 Å². The Morgan fingerprint density at radius 2 is 1.86 bits per heavy atom. The normalized spacial score (nSPS) is 16.1. The maximum atomic E-state index is 12.7. The monoisotopic (exact) mass is 383 g/mol. The number of hydroxylamine groups is 1. The van der Waals surface area contributed by atoms with Crippen LogP contribution in [0, 0.1) is 5.92 Å². The van der Waals surface area contributed by atoms with E-state index in [-0.39, 0.29) is 17.9 Å². The summed E-state index contributed by atoms with van der Waals surface area (Å²) in [4.78, 5) is 25.6. The summed E-state index contributed by atoms with van der Waals surface area (Å²) in [5.74, 6) is 0.304. The summed E-state index contributed by atoms with van der Waals surface area (Å²) in [6, 6.07) is 14.0. The molecule has 1 aliphatic rings. The number of rotatable bonds is 7. The first-order chi connectivity index (χ1) is 13.6. The van der Waals surface area contributed by atoms with Gasteiger partial charge in [0.2, 0.25) is 11.8 Å². The van der Waals surface area contributed by atoms with Crippen LogP contribution in [0.2, 0.25) is 0 Å². The fraction of sp³-hybridized carbons (Fsp3) is 0.455. The third-order valence-corrected chi connectivity index (χ3v) is 5.70. The highest BCUT2D eigenvalue weighted by Gasteiger charge is 2.24. The van der Waals surface area contributed by atoms with Gasteiger partial charge in [-0.25, -0.2) is 5.48 Å². The van der Waals surface area contributed by atoms with Crippen LogP contribution in [0.25, 0.3) is 10.8 Å². The molecule has 1 atom stereocenters. The Balaban J connectivity index is 1.46. The summed E-state index contributed by atoms with van der Waals surface area (Å²) in [5, 5.41) is 10.8. The van der Waals surface area contributed by atoms with Gasteiger partial charge in [-0.15, -0.1) is 0 Å². The third-order valence-electron chi connectivity index (χ3n) is 5.70. The van der Waals surface area contributed by atoms with Crippen molar-refractivity contribution in [3.8, 4) is 0 Å². The highest BCUT2D eigenvalue weighted by molar-refractivity contribution is 5.83. The molecule has 0 aromatic heterocycles. The number of nitrogens with zero attached hydrogens (tertiary/aromatic N) is 1. The van der Waals surface area contributed by atoms with Gasteiger partial charge >= 0.3 is 0 Å². The van der Waals surface area contributed by atoms with E-state index in [9.17, 15) is 9.59 Å². The number of likely N-dealkylation sites (tertiary alicyclic amines) is 1. The van der Waals surface area contributed by atoms with Crippen LogP contribution < -0.4 is 11.2 Å². The number of fused-ring (bicyclic) bond motifs is 1. The molecular weight excluding hydrogens is 354 g/mol. The number of hydrogen-bond donors (Lipinski definition) is 3. The van der Waals surface area contributed by atoms with Crippen molar-refractivity contribution in [1.29, 1.82) is 0 Å². The molecular formula is C22H29N3O3. The number of amides is 2. The Hall–Kier alpha value is -2.44. The number of piperidine rings is 1. The van der Waals surface area contributed by atoms with E-state index in [0.29, 0.717) is 18.8 Å². The number of nitrogens with one attached hydrogen (secondary N) is 1. The zero-order chi connectivity index (χ0) is 19.9. The Morgan fingerprint density at radius 3 is 2.57 bits per heavy atom. The van der Waals surface area contributed by atoms with Crippen LogP contribution in [-0.4, -0.2) is 35.0 Å². The van der Waals surface area contributed by atoms with Crippen LogP contribution in [0.5, 0.6) is 0 Å². The summed E-state index contributed by atoms with van der Waals surface area (Å²) >= 11 is 0. The average Bonchev–Trinajstić information content (AvgIpc) is 2.73. The summed E-state index contributed by atoms with van der Waals surface area (Å²) in [6.07, 6.45) is 4.29. The van der Waals surface area contributed by atoms with Crippen LogP contribution in [-0.2, 0) is 9.59 Å². The predicted molar refractivity (Wildman–Crippen MR) is 109 cm³/mol. The topological polar surface area (TPSA) is 95.7 Å². The maximum absolute atomic E-state index is 12.7. The van der Waals surface area contributed by atoms with E-state index in [1.54, 1.807) is 5.48 Å². The minimum absolute atomic E-state index is 0.110. The summed E-state index contributed by atoms with van der Waals surface area (Å²) in [5.41, 5.74) is 8.97. The summed E-state index contributed by atoms with van der Waals surface area (Å²) in [7, 11) is 0. The quantitative estimate of drug-likeness (QED) is 0.505. The van der Waals surface area contributed by atoms with Gasteiger partial charge in [-0.3, -0.25) is 14.8 Å². The molecule has 28 heavy (non-hydrogen) atoms. The maximum Gasteiger partial charge on any atom is 0.243 e. The lowest BCUT2D eigenvalue weighted by Gasteiger charge is -2.32. The molecule has 0 aliphatic carbocycles. The van der Waals surface area contributed by atoms with E-state index < -0.39 is 0 Å². The number of benzene rings is 2. The highest BCUT2D eigenvalue weighted by atomic mass is 16.5. The molecule has 1 fully saturated rings. The largest absolute Gasteiger partial charge is 0.343 e. The fourth-order valence-electron chi connectivity index (χ4n) is 3.95. The molecule has 1 aliphatic heterocycles. The lowest BCUT2D eigenvalue weighted by Crippen LogP contribution is -2.39. The van der Waals surface area contributed by atoms with Gasteiger partial charge in [-0.05, 0) is 54.0 Å². The van der Waals surface area contributed by atoms with Crippen molar-refractivity contribution in [1.82, 2.24) is 10.4 Å². The van der Waals surface area contributed by atoms with Gasteiger partial charge in [0.25, 0.3) is 0 Å². The molecule has 150 valence electrons. The third kappa shape index (κ3) is 5.30. The van der Waals surface area contributed by atoms with Crippen molar-refractivity contribution in [3.05, 3.63) is 48.0 Å². The average molecular weight is 383 g/mol. The molecule has 1 saturated heterocycles. The van der Waals surface area contributed by atoms with E-state index in [1.165, 1.54) is 5.39 Å². The van der Waals surface area contributed by atoms with Crippen molar-refractivity contribution in [2.75, 3.05) is 13.1 Å². The number of hydrogen-bond acceptors (Lipinski definition) is 4. The Bertz CT molecular complexity index is 816. The van der Waals surface area contributed by atoms with Crippen LogP contribution in [0.3, 0.4) is 0 Å². The van der Waals surface area contributed by atoms with Gasteiger partial charge in [0, 0.05) is 32.0 Å². The molecule has 0 radical (unpaired) electrons. The molecule has 6 heteroatoms. The van der Waals surface area contributed by atoms with Crippen molar-refractivity contribution in [2.45, 2.75) is 44.6 Å². The Morgan fingerprint density at radius 1 is 1.14 bits per heavy atom. The molecule has 2 aromatic carbocycles. The second-order valence-corrected chi connectivity index (χ2v) is 7.67. The van der Waals surface area contributed by atoms with Gasteiger partial charge in [0.1, 0.15) is 0 Å². The molecule has 4 N–H and O–H groups in total. The molecule has 0 saturated carbocycles. The number of carbonyl (C=O) groups excluding carboxylic acids is 2. The van der Waals surface area contributed by atoms with Crippen molar-refractivity contribution < 1.29 is 14.8 Å². The lowest BCUT2D eigenvalue weighted by atomic mass is 9.91. The second kappa shape index (κ2) is 9.66. The molecule has 0 bridgehead atoms. The molecule has 1 unspecified atom stereocenters. The van der Waals surface area contributed by atoms with Crippen molar-refractivity contribution in [3.63, 3.8) is 0 Å². The smallest absolute Gasteiger partial charge is 0.243 e. The molecule has 2 amide bonds. The van der Waals surface area contributed by atoms with E-state index in [4.69, 9.17) is 10.9 Å². The molecule has 6 nitrogen and oxygen atoms in total. The molecule has 3 rings (SSSR count). The van der Waals surface area contributed by atoms with E-state index >= 15 is 0 Å². The van der Waals surface area contributed by atoms with Gasteiger partial charge in [-0.1, -0.05) is 36.4 Å². The predicted octanol–water partition coefficient (Wildman–Crippen LogP) is 3.14. The molecule has 0 spiro atoms. The summed E-state index contributed by atoms with van der Waals surface area (Å²) in [6.45, 7) is 1.50. The van der Waals surface area contributed by atoms with Gasteiger partial charge in [0.15, 0.2) is 0 Å². The summed E-state index contributed by atoms with van der Waals surface area (Å²) < 4.78 is 0. The minimum Gasteiger partial charge on any atom is -0.343 e. The van der Waals surface area contributed by atoms with E-state index in [1.807, 2.05) is 23.1 Å². The Labute approximate surface area is 165 Å². The first-order valence-electron chi connectivity index (χ1n) is 10.0. The lowest BCUT2D eigenvalue weighted by molar-refractivity contribution is -0.133. The first-order valence-corrected chi connectivity index (χ1v) is 10.0. The van der Waals surface area contributed by atoms with Crippen LogP contribution >= 0.6 is 0 Å². The minimum atomic E-state index is -0.338. The zero-order valence-corrected chi connectivity index (χ0v) is 16.1. The van der Waals surface area contributed by atoms with Gasteiger partial charge in [-0.2, -0.15) is 0 Å². The standard InChI is InChI=1S/C22H29N3O3/c23-20(19-9-8-17-5-1-2-6-18(17)14-19)15-22(27)25-12-10-16(11-13-25)4-3-7-21(26)24-28/h1-2,5-6,8-9,14,16,20,28H,3-4,7,10-13,15,23H2,(H,24,26). The van der Waals surface area contributed by atoms with Crippen molar-refractivity contribution >= 4 is 22.6 Å². The zero-order valence-electron chi connectivity index (χ0n) is 16.1.